The highest BCUT2D eigenvalue weighted by atomic mass is 32.2. The Morgan fingerprint density at radius 3 is 2.14 bits per heavy atom. The molecule has 1 rings (SSSR count). The van der Waals surface area contributed by atoms with E-state index in [-0.39, 0.29) is 24.7 Å². The van der Waals surface area contributed by atoms with Crippen molar-refractivity contribution in [1.29, 1.82) is 0 Å². The van der Waals surface area contributed by atoms with Gasteiger partial charge in [-0.3, -0.25) is 9.52 Å². The van der Waals surface area contributed by atoms with Gasteiger partial charge < -0.3 is 5.32 Å². The van der Waals surface area contributed by atoms with E-state index in [9.17, 15) is 21.6 Å². The summed E-state index contributed by atoms with van der Waals surface area (Å²) < 4.78 is 49.1. The van der Waals surface area contributed by atoms with Gasteiger partial charge in [-0.2, -0.15) is 0 Å². The summed E-state index contributed by atoms with van der Waals surface area (Å²) in [6, 6.07) is 5.88. The molecule has 0 saturated carbocycles. The van der Waals surface area contributed by atoms with E-state index in [0.717, 1.165) is 6.26 Å². The first kappa shape index (κ1) is 18.4. The molecule has 124 valence electrons. The molecule has 0 bridgehead atoms. The van der Waals surface area contributed by atoms with Crippen LogP contribution >= 0.6 is 0 Å². The van der Waals surface area contributed by atoms with E-state index in [4.69, 9.17) is 0 Å². The van der Waals surface area contributed by atoms with Crippen molar-refractivity contribution in [3.8, 4) is 0 Å². The molecule has 8 nitrogen and oxygen atoms in total. The van der Waals surface area contributed by atoms with Crippen LogP contribution in [0.25, 0.3) is 0 Å². The summed E-state index contributed by atoms with van der Waals surface area (Å²) in [5, 5.41) is 2.56. The lowest BCUT2D eigenvalue weighted by molar-refractivity contribution is 0.0954. The second kappa shape index (κ2) is 7.56. The largest absolute Gasteiger partial charge is 0.351 e. The molecule has 0 aliphatic heterocycles. The first-order chi connectivity index (χ1) is 10.1. The average molecular weight is 349 g/mol. The van der Waals surface area contributed by atoms with Crippen LogP contribution in [-0.4, -0.2) is 47.8 Å². The second-order valence-electron chi connectivity index (χ2n) is 4.51. The molecule has 0 unspecified atom stereocenters. The van der Waals surface area contributed by atoms with Crippen molar-refractivity contribution in [2.75, 3.05) is 29.8 Å². The first-order valence-corrected chi connectivity index (χ1v) is 10.0. The number of hydrogen-bond acceptors (Lipinski definition) is 5. The van der Waals surface area contributed by atoms with Gasteiger partial charge in [-0.1, -0.05) is 0 Å². The van der Waals surface area contributed by atoms with Crippen LogP contribution in [0.3, 0.4) is 0 Å². The van der Waals surface area contributed by atoms with Crippen LogP contribution in [-0.2, 0) is 20.0 Å². The summed E-state index contributed by atoms with van der Waals surface area (Å²) in [7, 11) is -6.63. The van der Waals surface area contributed by atoms with Gasteiger partial charge in [-0.05, 0) is 31.2 Å². The van der Waals surface area contributed by atoms with Gasteiger partial charge in [0.15, 0.2) is 0 Å². The zero-order valence-electron chi connectivity index (χ0n) is 12.3. The summed E-state index contributed by atoms with van der Waals surface area (Å²) in [5.41, 5.74) is 0.701. The molecule has 0 aromatic heterocycles. The van der Waals surface area contributed by atoms with Crippen LogP contribution in [0.15, 0.2) is 24.3 Å². The third-order valence-electron chi connectivity index (χ3n) is 2.56. The van der Waals surface area contributed by atoms with Crippen LogP contribution in [0.4, 0.5) is 5.69 Å². The summed E-state index contributed by atoms with van der Waals surface area (Å²) in [6.45, 7) is 1.78. The molecule has 22 heavy (non-hydrogen) atoms. The van der Waals surface area contributed by atoms with Crippen LogP contribution in [0, 0.1) is 0 Å². The van der Waals surface area contributed by atoms with Gasteiger partial charge in [-0.15, -0.1) is 0 Å². The van der Waals surface area contributed by atoms with E-state index >= 15 is 0 Å². The predicted octanol–water partition coefficient (Wildman–Crippen LogP) is -0.273. The number of carbonyl (C=O) groups is 1. The predicted molar refractivity (Wildman–Crippen MR) is 84.7 cm³/mol. The van der Waals surface area contributed by atoms with E-state index in [0.29, 0.717) is 11.3 Å². The minimum Gasteiger partial charge on any atom is -0.351 e. The summed E-state index contributed by atoms with van der Waals surface area (Å²) in [5.74, 6) is -0.392. The lowest BCUT2D eigenvalue weighted by atomic mass is 10.2. The zero-order chi connectivity index (χ0) is 16.8. The zero-order valence-corrected chi connectivity index (χ0v) is 13.9. The Kier molecular flexibility index (Phi) is 6.33. The molecule has 0 spiro atoms. The van der Waals surface area contributed by atoms with Crippen molar-refractivity contribution in [2.45, 2.75) is 6.92 Å². The summed E-state index contributed by atoms with van der Waals surface area (Å²) in [4.78, 5) is 11.8. The van der Waals surface area contributed by atoms with Gasteiger partial charge in [0, 0.05) is 24.3 Å². The number of sulfonamides is 2. The number of amides is 1. The maximum absolute atomic E-state index is 11.8. The molecule has 0 atom stereocenters. The molecule has 0 fully saturated rings. The molecule has 0 aliphatic carbocycles. The highest BCUT2D eigenvalue weighted by Gasteiger charge is 2.08. The van der Waals surface area contributed by atoms with E-state index in [2.05, 4.69) is 14.8 Å². The average Bonchev–Trinajstić information content (AvgIpc) is 2.42. The standard InChI is InChI=1S/C12H19N3O5S2/c1-3-22(19,20)14-9-8-13-12(16)10-4-6-11(7-5-10)15-21(2,17)18/h4-7,14-15H,3,8-9H2,1-2H3,(H,13,16). The lowest BCUT2D eigenvalue weighted by Gasteiger charge is -2.08. The van der Waals surface area contributed by atoms with Gasteiger partial charge in [0.1, 0.15) is 0 Å². The maximum atomic E-state index is 11.8. The van der Waals surface area contributed by atoms with Crippen LogP contribution in [0.2, 0.25) is 0 Å². The number of nitrogens with one attached hydrogen (secondary N) is 3. The fourth-order valence-corrected chi connectivity index (χ4v) is 2.67. The summed E-state index contributed by atoms with van der Waals surface area (Å²) >= 11 is 0. The van der Waals surface area contributed by atoms with Crippen LogP contribution in [0.1, 0.15) is 17.3 Å². The Morgan fingerprint density at radius 1 is 1.05 bits per heavy atom. The monoisotopic (exact) mass is 349 g/mol. The van der Waals surface area contributed by atoms with E-state index < -0.39 is 20.0 Å². The van der Waals surface area contributed by atoms with Crippen LogP contribution < -0.4 is 14.8 Å². The second-order valence-corrected chi connectivity index (χ2v) is 8.35. The Labute approximate surface area is 130 Å². The molecule has 0 saturated heterocycles. The maximum Gasteiger partial charge on any atom is 0.251 e. The van der Waals surface area contributed by atoms with Crippen molar-refractivity contribution in [3.63, 3.8) is 0 Å². The quantitative estimate of drug-likeness (QED) is 0.558. The van der Waals surface area contributed by atoms with Crippen molar-refractivity contribution in [1.82, 2.24) is 10.0 Å². The molecular weight excluding hydrogens is 330 g/mol. The molecule has 3 N–H and O–H groups in total. The summed E-state index contributed by atoms with van der Waals surface area (Å²) in [6.07, 6.45) is 1.03. The van der Waals surface area contributed by atoms with Crippen molar-refractivity contribution in [3.05, 3.63) is 29.8 Å². The fourth-order valence-electron chi connectivity index (χ4n) is 1.49. The number of benzene rings is 1. The first-order valence-electron chi connectivity index (χ1n) is 6.46. The molecule has 0 heterocycles. The highest BCUT2D eigenvalue weighted by molar-refractivity contribution is 7.92. The molecule has 1 aromatic rings. The molecular formula is C12H19N3O5S2. The molecule has 1 amide bonds. The SMILES string of the molecule is CCS(=O)(=O)NCCNC(=O)c1ccc(NS(C)(=O)=O)cc1. The van der Waals surface area contributed by atoms with E-state index in [1.807, 2.05) is 0 Å². The third kappa shape index (κ3) is 6.87. The topological polar surface area (TPSA) is 121 Å². The van der Waals surface area contributed by atoms with Gasteiger partial charge in [-0.25, -0.2) is 21.6 Å². The highest BCUT2D eigenvalue weighted by Crippen LogP contribution is 2.10. The third-order valence-corrected chi connectivity index (χ3v) is 4.57. The molecule has 10 heteroatoms. The number of hydrogen-bond donors (Lipinski definition) is 3. The van der Waals surface area contributed by atoms with Gasteiger partial charge in [0.25, 0.3) is 5.91 Å². The van der Waals surface area contributed by atoms with E-state index in [1.54, 1.807) is 0 Å². The number of rotatable bonds is 8. The minimum atomic E-state index is -3.36. The number of anilines is 1. The Hall–Kier alpha value is -1.65. The van der Waals surface area contributed by atoms with Gasteiger partial charge in [0.05, 0.1) is 12.0 Å². The van der Waals surface area contributed by atoms with Crippen molar-refractivity contribution >= 4 is 31.6 Å². The van der Waals surface area contributed by atoms with Gasteiger partial charge in [0.2, 0.25) is 20.0 Å². The lowest BCUT2D eigenvalue weighted by Crippen LogP contribution is -2.35. The normalized spacial score (nSPS) is 11.9. The fraction of sp³-hybridized carbons (Fsp3) is 0.417. The van der Waals surface area contributed by atoms with Crippen molar-refractivity contribution in [2.24, 2.45) is 0 Å². The Morgan fingerprint density at radius 2 is 1.64 bits per heavy atom. The molecule has 0 aliphatic rings. The van der Waals surface area contributed by atoms with Crippen molar-refractivity contribution < 1.29 is 21.6 Å². The smallest absolute Gasteiger partial charge is 0.251 e. The minimum absolute atomic E-state index is 0.0181. The molecule has 0 radical (unpaired) electrons. The Bertz CT molecular complexity index is 712. The molecule has 1 aromatic carbocycles. The van der Waals surface area contributed by atoms with Gasteiger partial charge >= 0.3 is 0 Å². The Balaban J connectivity index is 2.50. The number of carbonyl (C=O) groups excluding carboxylic acids is 1. The van der Waals surface area contributed by atoms with Crippen LogP contribution in [0.5, 0.6) is 0 Å². The van der Waals surface area contributed by atoms with E-state index in [1.165, 1.54) is 31.2 Å².